The van der Waals surface area contributed by atoms with Gasteiger partial charge < -0.3 is 4.98 Å². The summed E-state index contributed by atoms with van der Waals surface area (Å²) in [6, 6.07) is 19.1. The van der Waals surface area contributed by atoms with Crippen LogP contribution in [-0.4, -0.2) is 22.1 Å². The number of nitrogens with zero attached hydrogens (tertiary/aromatic N) is 2. The van der Waals surface area contributed by atoms with Gasteiger partial charge in [0.2, 0.25) is 0 Å². The van der Waals surface area contributed by atoms with Crippen LogP contribution < -0.4 is 5.43 Å². The van der Waals surface area contributed by atoms with Crippen molar-refractivity contribution in [2.24, 2.45) is 5.10 Å². The Morgan fingerprint density at radius 3 is 2.80 bits per heavy atom. The van der Waals surface area contributed by atoms with E-state index < -0.39 is 0 Å². The number of carbonyl (C=O) groups excluding carboxylic acids is 1. The molecule has 0 aliphatic carbocycles. The summed E-state index contributed by atoms with van der Waals surface area (Å²) in [7, 11) is 0. The Labute approximate surface area is 148 Å². The standard InChI is InChI=1S/C19H14N4OS/c24-19(23-20-12-15-7-4-10-25-15)14-8-9-16-17(11-14)22-18(21-16)13-5-2-1-3-6-13/h1-12H,(H,21,22)(H,23,24)/b20-12+. The van der Waals surface area contributed by atoms with Crippen LogP contribution in [0.25, 0.3) is 22.4 Å². The molecular weight excluding hydrogens is 332 g/mol. The van der Waals surface area contributed by atoms with E-state index >= 15 is 0 Å². The Bertz CT molecular complexity index is 1040. The summed E-state index contributed by atoms with van der Waals surface area (Å²) in [5, 5.41) is 5.94. The number of amides is 1. The molecule has 122 valence electrons. The van der Waals surface area contributed by atoms with Gasteiger partial charge in [-0.05, 0) is 29.6 Å². The molecule has 4 aromatic rings. The second-order valence-corrected chi connectivity index (χ2v) is 6.38. The number of benzene rings is 2. The molecule has 0 saturated heterocycles. The predicted octanol–water partition coefficient (Wildman–Crippen LogP) is 4.06. The van der Waals surface area contributed by atoms with E-state index in [1.165, 1.54) is 0 Å². The van der Waals surface area contributed by atoms with Crippen molar-refractivity contribution >= 4 is 34.5 Å². The molecule has 5 nitrogen and oxygen atoms in total. The second-order valence-electron chi connectivity index (χ2n) is 5.40. The van der Waals surface area contributed by atoms with Crippen LogP contribution in [0, 0.1) is 0 Å². The van der Waals surface area contributed by atoms with Gasteiger partial charge in [-0.25, -0.2) is 10.4 Å². The van der Waals surface area contributed by atoms with Crippen LogP contribution in [0.3, 0.4) is 0 Å². The van der Waals surface area contributed by atoms with E-state index in [4.69, 9.17) is 0 Å². The summed E-state index contributed by atoms with van der Waals surface area (Å²) in [6.45, 7) is 0. The van der Waals surface area contributed by atoms with Gasteiger partial charge in [0.25, 0.3) is 5.91 Å². The molecule has 0 unspecified atom stereocenters. The maximum absolute atomic E-state index is 12.2. The SMILES string of the molecule is O=C(N/N=C/c1cccs1)c1ccc2nc(-c3ccccc3)[nH]c2c1. The number of imidazole rings is 1. The van der Waals surface area contributed by atoms with Crippen molar-refractivity contribution in [3.8, 4) is 11.4 Å². The van der Waals surface area contributed by atoms with Crippen LogP contribution in [0.5, 0.6) is 0 Å². The maximum atomic E-state index is 12.2. The van der Waals surface area contributed by atoms with Gasteiger partial charge in [-0.3, -0.25) is 4.79 Å². The van der Waals surface area contributed by atoms with Gasteiger partial charge in [-0.15, -0.1) is 11.3 Å². The lowest BCUT2D eigenvalue weighted by Gasteiger charge is -1.99. The third kappa shape index (κ3) is 3.34. The molecule has 2 N–H and O–H groups in total. The molecule has 1 amide bonds. The zero-order valence-corrected chi connectivity index (χ0v) is 14.0. The number of aromatic nitrogens is 2. The van der Waals surface area contributed by atoms with E-state index in [2.05, 4.69) is 20.5 Å². The number of hydrazone groups is 1. The van der Waals surface area contributed by atoms with Crippen LogP contribution in [0.4, 0.5) is 0 Å². The quantitative estimate of drug-likeness (QED) is 0.432. The summed E-state index contributed by atoms with van der Waals surface area (Å²) < 4.78 is 0. The fourth-order valence-electron chi connectivity index (χ4n) is 2.47. The number of hydrogen-bond donors (Lipinski definition) is 2. The Morgan fingerprint density at radius 2 is 2.00 bits per heavy atom. The lowest BCUT2D eigenvalue weighted by molar-refractivity contribution is 0.0955. The number of hydrogen-bond acceptors (Lipinski definition) is 4. The second kappa shape index (κ2) is 6.70. The highest BCUT2D eigenvalue weighted by Gasteiger charge is 2.09. The minimum Gasteiger partial charge on any atom is -0.338 e. The predicted molar refractivity (Wildman–Crippen MR) is 101 cm³/mol. The molecule has 0 saturated carbocycles. The zero-order valence-electron chi connectivity index (χ0n) is 13.1. The molecule has 0 atom stereocenters. The summed E-state index contributed by atoms with van der Waals surface area (Å²) in [4.78, 5) is 21.0. The van der Waals surface area contributed by atoms with Gasteiger partial charge in [-0.2, -0.15) is 5.10 Å². The lowest BCUT2D eigenvalue weighted by Crippen LogP contribution is -2.17. The monoisotopic (exact) mass is 346 g/mol. The molecule has 6 heteroatoms. The number of fused-ring (bicyclic) bond motifs is 1. The Morgan fingerprint density at radius 1 is 1.12 bits per heavy atom. The smallest absolute Gasteiger partial charge is 0.271 e. The van der Waals surface area contributed by atoms with Crippen molar-refractivity contribution in [3.63, 3.8) is 0 Å². The van der Waals surface area contributed by atoms with Crippen LogP contribution in [0.15, 0.2) is 71.1 Å². The van der Waals surface area contributed by atoms with Crippen molar-refractivity contribution in [1.82, 2.24) is 15.4 Å². The minimum absolute atomic E-state index is 0.259. The van der Waals surface area contributed by atoms with Crippen molar-refractivity contribution in [1.29, 1.82) is 0 Å². The summed E-state index contributed by atoms with van der Waals surface area (Å²) >= 11 is 1.56. The average molecular weight is 346 g/mol. The van der Waals surface area contributed by atoms with E-state index in [1.54, 1.807) is 29.7 Å². The number of carbonyl (C=O) groups is 1. The number of aromatic amines is 1. The molecular formula is C19H14N4OS. The van der Waals surface area contributed by atoms with Gasteiger partial charge in [0.05, 0.1) is 17.2 Å². The minimum atomic E-state index is -0.259. The Hall–Kier alpha value is -3.25. The van der Waals surface area contributed by atoms with Gasteiger partial charge in [-0.1, -0.05) is 36.4 Å². The van der Waals surface area contributed by atoms with E-state index in [9.17, 15) is 4.79 Å². The number of thiophene rings is 1. The number of H-pyrrole nitrogens is 1. The van der Waals surface area contributed by atoms with Gasteiger partial charge in [0, 0.05) is 16.0 Å². The third-order valence-corrected chi connectivity index (χ3v) is 4.50. The Kier molecular flexibility index (Phi) is 4.10. The van der Waals surface area contributed by atoms with Crippen molar-refractivity contribution in [2.75, 3.05) is 0 Å². The molecule has 2 aromatic heterocycles. The number of nitrogens with one attached hydrogen (secondary N) is 2. The number of rotatable bonds is 4. The fraction of sp³-hybridized carbons (Fsp3) is 0. The highest BCUT2D eigenvalue weighted by molar-refractivity contribution is 7.11. The average Bonchev–Trinajstić information content (AvgIpc) is 3.31. The van der Waals surface area contributed by atoms with E-state index in [0.29, 0.717) is 5.56 Å². The first-order valence-corrected chi connectivity index (χ1v) is 8.60. The molecule has 0 radical (unpaired) electrons. The van der Waals surface area contributed by atoms with Crippen molar-refractivity contribution < 1.29 is 4.79 Å². The summed E-state index contributed by atoms with van der Waals surface area (Å²) in [5.74, 6) is 0.523. The van der Waals surface area contributed by atoms with E-state index in [1.807, 2.05) is 53.9 Å². The normalized spacial score (nSPS) is 11.2. The topological polar surface area (TPSA) is 70.1 Å². The molecule has 0 spiro atoms. The molecule has 4 rings (SSSR count). The van der Waals surface area contributed by atoms with Crippen molar-refractivity contribution in [2.45, 2.75) is 0 Å². The van der Waals surface area contributed by atoms with Crippen LogP contribution in [0.1, 0.15) is 15.2 Å². The van der Waals surface area contributed by atoms with Gasteiger partial charge in [0.1, 0.15) is 5.82 Å². The third-order valence-electron chi connectivity index (χ3n) is 3.69. The van der Waals surface area contributed by atoms with Gasteiger partial charge >= 0.3 is 0 Å². The van der Waals surface area contributed by atoms with Gasteiger partial charge in [0.15, 0.2) is 0 Å². The van der Waals surface area contributed by atoms with Crippen LogP contribution in [-0.2, 0) is 0 Å². The largest absolute Gasteiger partial charge is 0.338 e. The zero-order chi connectivity index (χ0) is 17.1. The lowest BCUT2D eigenvalue weighted by atomic mass is 10.2. The van der Waals surface area contributed by atoms with E-state index in [-0.39, 0.29) is 5.91 Å². The van der Waals surface area contributed by atoms with E-state index in [0.717, 1.165) is 27.3 Å². The Balaban J connectivity index is 1.55. The molecule has 2 heterocycles. The summed E-state index contributed by atoms with van der Waals surface area (Å²) in [6.07, 6.45) is 1.63. The molecule has 0 bridgehead atoms. The first-order valence-electron chi connectivity index (χ1n) is 7.72. The van der Waals surface area contributed by atoms with Crippen molar-refractivity contribution in [3.05, 3.63) is 76.5 Å². The maximum Gasteiger partial charge on any atom is 0.271 e. The van der Waals surface area contributed by atoms with Crippen LogP contribution >= 0.6 is 11.3 Å². The molecule has 2 aromatic carbocycles. The molecule has 0 aliphatic rings. The summed E-state index contributed by atoms with van der Waals surface area (Å²) in [5.41, 5.74) is 5.71. The molecule has 25 heavy (non-hydrogen) atoms. The van der Waals surface area contributed by atoms with Crippen LogP contribution in [0.2, 0.25) is 0 Å². The highest BCUT2D eigenvalue weighted by atomic mass is 32.1. The highest BCUT2D eigenvalue weighted by Crippen LogP contribution is 2.21. The molecule has 0 fully saturated rings. The molecule has 0 aliphatic heterocycles. The fourth-order valence-corrected chi connectivity index (χ4v) is 3.05. The first-order chi connectivity index (χ1) is 12.3. The first kappa shape index (κ1) is 15.3.